The first-order valence-corrected chi connectivity index (χ1v) is 7.86. The molecule has 0 saturated heterocycles. The first-order valence-electron chi connectivity index (χ1n) is 6.19. The van der Waals surface area contributed by atoms with Gasteiger partial charge in [0.15, 0.2) is 11.5 Å². The lowest BCUT2D eigenvalue weighted by Gasteiger charge is -2.21. The fourth-order valence-electron chi connectivity index (χ4n) is 2.00. The minimum atomic E-state index is -0.188. The van der Waals surface area contributed by atoms with Gasteiger partial charge in [-0.1, -0.05) is 0 Å². The summed E-state index contributed by atoms with van der Waals surface area (Å²) in [6.45, 7) is 2.19. The van der Waals surface area contributed by atoms with Crippen molar-refractivity contribution < 1.29 is 14.2 Å². The Bertz CT molecular complexity index is 614. The molecule has 1 aromatic heterocycles. The second-order valence-corrected chi connectivity index (χ2v) is 6.44. The summed E-state index contributed by atoms with van der Waals surface area (Å²) in [5.74, 6) is 2.17. The van der Waals surface area contributed by atoms with Crippen molar-refractivity contribution in [2.75, 3.05) is 6.79 Å². The fourth-order valence-corrected chi connectivity index (χ4v) is 3.59. The summed E-state index contributed by atoms with van der Waals surface area (Å²) in [5, 5.41) is 2.02. The van der Waals surface area contributed by atoms with E-state index in [1.807, 2.05) is 36.6 Å². The molecule has 0 aliphatic carbocycles. The van der Waals surface area contributed by atoms with E-state index < -0.39 is 0 Å². The van der Waals surface area contributed by atoms with Crippen molar-refractivity contribution in [3.8, 4) is 17.2 Å². The highest BCUT2D eigenvalue weighted by atomic mass is 79.9. The molecule has 3 rings (SSSR count). The van der Waals surface area contributed by atoms with E-state index in [2.05, 4.69) is 15.9 Å². The molecular weight excluding hydrogens is 342 g/mol. The Kier molecular flexibility index (Phi) is 3.87. The van der Waals surface area contributed by atoms with Crippen LogP contribution in [0.1, 0.15) is 17.9 Å². The van der Waals surface area contributed by atoms with Crippen LogP contribution in [-0.2, 0) is 0 Å². The van der Waals surface area contributed by atoms with E-state index in [4.69, 9.17) is 19.9 Å². The maximum atomic E-state index is 6.05. The van der Waals surface area contributed by atoms with Crippen LogP contribution in [-0.4, -0.2) is 12.8 Å². The lowest BCUT2D eigenvalue weighted by atomic mass is 10.1. The third kappa shape index (κ3) is 2.77. The Labute approximate surface area is 129 Å². The zero-order valence-corrected chi connectivity index (χ0v) is 13.2. The molecule has 2 unspecified atom stereocenters. The summed E-state index contributed by atoms with van der Waals surface area (Å²) in [5.41, 5.74) is 6.05. The number of benzene rings is 1. The summed E-state index contributed by atoms with van der Waals surface area (Å²) in [6.07, 6.45) is -0.188. The monoisotopic (exact) mass is 355 g/mol. The van der Waals surface area contributed by atoms with Crippen molar-refractivity contribution in [3.05, 3.63) is 39.0 Å². The van der Waals surface area contributed by atoms with Crippen LogP contribution in [0, 0.1) is 0 Å². The molecule has 2 N–H and O–H groups in total. The average Bonchev–Trinajstić information content (AvgIpc) is 3.03. The zero-order chi connectivity index (χ0) is 14.1. The van der Waals surface area contributed by atoms with E-state index in [-0.39, 0.29) is 18.9 Å². The van der Waals surface area contributed by atoms with Crippen molar-refractivity contribution in [3.63, 3.8) is 0 Å². The molecule has 20 heavy (non-hydrogen) atoms. The Morgan fingerprint density at radius 2 is 2.10 bits per heavy atom. The van der Waals surface area contributed by atoms with Crippen molar-refractivity contribution in [2.24, 2.45) is 5.73 Å². The van der Waals surface area contributed by atoms with Crippen molar-refractivity contribution in [1.82, 2.24) is 0 Å². The zero-order valence-electron chi connectivity index (χ0n) is 10.8. The first kappa shape index (κ1) is 13.7. The molecule has 0 fully saturated rings. The average molecular weight is 356 g/mol. The Balaban J connectivity index is 1.83. The van der Waals surface area contributed by atoms with Crippen LogP contribution in [0.5, 0.6) is 17.2 Å². The topological polar surface area (TPSA) is 53.7 Å². The quantitative estimate of drug-likeness (QED) is 0.908. The number of ether oxygens (including phenoxy) is 3. The lowest BCUT2D eigenvalue weighted by molar-refractivity contribution is 0.172. The van der Waals surface area contributed by atoms with Gasteiger partial charge in [-0.05, 0) is 41.1 Å². The highest BCUT2D eigenvalue weighted by Crippen LogP contribution is 2.37. The van der Waals surface area contributed by atoms with E-state index in [0.29, 0.717) is 5.75 Å². The van der Waals surface area contributed by atoms with Gasteiger partial charge < -0.3 is 19.9 Å². The number of halogens is 1. The highest BCUT2D eigenvalue weighted by molar-refractivity contribution is 9.10. The molecule has 0 bridgehead atoms. The van der Waals surface area contributed by atoms with Crippen LogP contribution in [0.3, 0.4) is 0 Å². The summed E-state index contributed by atoms with van der Waals surface area (Å²) in [4.78, 5) is 1.09. The van der Waals surface area contributed by atoms with Crippen LogP contribution in [0.25, 0.3) is 0 Å². The fraction of sp³-hybridized carbons (Fsp3) is 0.286. The molecule has 0 radical (unpaired) electrons. The van der Waals surface area contributed by atoms with Crippen LogP contribution < -0.4 is 19.9 Å². The molecule has 2 heterocycles. The number of hydrogen-bond acceptors (Lipinski definition) is 5. The summed E-state index contributed by atoms with van der Waals surface area (Å²) < 4.78 is 17.7. The lowest BCUT2D eigenvalue weighted by Crippen LogP contribution is -2.28. The molecule has 106 valence electrons. The van der Waals surface area contributed by atoms with E-state index >= 15 is 0 Å². The van der Waals surface area contributed by atoms with E-state index in [1.54, 1.807) is 11.3 Å². The molecule has 2 aromatic rings. The Hall–Kier alpha value is -1.24. The van der Waals surface area contributed by atoms with E-state index in [0.717, 1.165) is 20.8 Å². The SMILES string of the molecule is CC(N)C(Oc1ccc2c(c1)OCO2)c1cc(Br)cs1. The van der Waals surface area contributed by atoms with Crippen molar-refractivity contribution in [2.45, 2.75) is 19.1 Å². The molecular formula is C14H14BrNO3S. The van der Waals surface area contributed by atoms with Crippen molar-refractivity contribution in [1.29, 1.82) is 0 Å². The van der Waals surface area contributed by atoms with Crippen LogP contribution in [0.2, 0.25) is 0 Å². The van der Waals surface area contributed by atoms with Gasteiger partial charge in [-0.25, -0.2) is 0 Å². The Morgan fingerprint density at radius 1 is 1.30 bits per heavy atom. The molecule has 1 aliphatic heterocycles. The molecule has 0 spiro atoms. The number of fused-ring (bicyclic) bond motifs is 1. The Morgan fingerprint density at radius 3 is 2.80 bits per heavy atom. The number of rotatable bonds is 4. The minimum Gasteiger partial charge on any atom is -0.483 e. The largest absolute Gasteiger partial charge is 0.483 e. The second-order valence-electron chi connectivity index (χ2n) is 4.58. The van der Waals surface area contributed by atoms with Gasteiger partial charge in [0.25, 0.3) is 0 Å². The van der Waals surface area contributed by atoms with Gasteiger partial charge in [-0.2, -0.15) is 0 Å². The summed E-state index contributed by atoms with van der Waals surface area (Å²) in [6, 6.07) is 7.46. The van der Waals surface area contributed by atoms with Gasteiger partial charge in [0, 0.05) is 26.8 Å². The van der Waals surface area contributed by atoms with Crippen LogP contribution in [0.15, 0.2) is 34.1 Å². The number of nitrogens with two attached hydrogens (primary N) is 1. The van der Waals surface area contributed by atoms with Gasteiger partial charge in [0.1, 0.15) is 11.9 Å². The van der Waals surface area contributed by atoms with E-state index in [1.165, 1.54) is 0 Å². The molecule has 0 saturated carbocycles. The summed E-state index contributed by atoms with van der Waals surface area (Å²) in [7, 11) is 0. The van der Waals surface area contributed by atoms with Gasteiger partial charge in [-0.15, -0.1) is 11.3 Å². The second kappa shape index (κ2) is 5.63. The third-order valence-corrected chi connectivity index (χ3v) is 4.71. The molecule has 2 atom stereocenters. The molecule has 4 nitrogen and oxygen atoms in total. The normalized spacial score (nSPS) is 15.9. The molecule has 1 aliphatic rings. The van der Waals surface area contributed by atoms with E-state index in [9.17, 15) is 0 Å². The van der Waals surface area contributed by atoms with Gasteiger partial charge >= 0.3 is 0 Å². The molecule has 1 aromatic carbocycles. The maximum Gasteiger partial charge on any atom is 0.231 e. The number of hydrogen-bond donors (Lipinski definition) is 1. The first-order chi connectivity index (χ1) is 9.63. The van der Waals surface area contributed by atoms with Gasteiger partial charge in [0.2, 0.25) is 6.79 Å². The predicted octanol–water partition coefficient (Wildman–Crippen LogP) is 3.71. The smallest absolute Gasteiger partial charge is 0.231 e. The third-order valence-electron chi connectivity index (χ3n) is 2.95. The predicted molar refractivity (Wildman–Crippen MR) is 81.6 cm³/mol. The molecule has 0 amide bonds. The summed E-state index contributed by atoms with van der Waals surface area (Å²) >= 11 is 5.08. The van der Waals surface area contributed by atoms with Gasteiger partial charge in [0.05, 0.1) is 0 Å². The minimum absolute atomic E-state index is 0.119. The van der Waals surface area contributed by atoms with Crippen molar-refractivity contribution >= 4 is 27.3 Å². The van der Waals surface area contributed by atoms with Crippen LogP contribution in [0.4, 0.5) is 0 Å². The maximum absolute atomic E-state index is 6.05. The molecule has 6 heteroatoms. The van der Waals surface area contributed by atoms with Crippen LogP contribution >= 0.6 is 27.3 Å². The standard InChI is InChI=1S/C14H14BrNO3S/c1-8(16)14(13-4-9(15)6-20-13)19-10-2-3-11-12(5-10)18-7-17-11/h2-6,8,14H,7,16H2,1H3. The number of thiophene rings is 1. The van der Waals surface area contributed by atoms with Gasteiger partial charge in [-0.3, -0.25) is 0 Å². The highest BCUT2D eigenvalue weighted by Gasteiger charge is 2.22.